The molecule has 0 radical (unpaired) electrons. The molecule has 4 nitrogen and oxygen atoms in total. The van der Waals surface area contributed by atoms with Gasteiger partial charge >= 0.3 is 5.97 Å². The van der Waals surface area contributed by atoms with E-state index in [1.807, 2.05) is 0 Å². The maximum Gasteiger partial charge on any atom is 0.308 e. The average molecular weight is 347 g/mol. The van der Waals surface area contributed by atoms with Crippen LogP contribution in [0, 0.1) is 5.92 Å². The number of aliphatic carboxylic acids is 1. The Morgan fingerprint density at radius 2 is 2.11 bits per heavy atom. The van der Waals surface area contributed by atoms with Crippen LogP contribution < -0.4 is 5.32 Å². The third-order valence-electron chi connectivity index (χ3n) is 3.35. The Hall–Kier alpha value is -1.07. The van der Waals surface area contributed by atoms with Crippen LogP contribution in [0.4, 0.5) is 0 Å². The third kappa shape index (κ3) is 3.09. The quantitative estimate of drug-likeness (QED) is 0.884. The minimum Gasteiger partial charge on any atom is -0.481 e. The molecule has 1 amide bonds. The molecule has 1 fully saturated rings. The number of nitrogens with one attached hydrogen (secondary N) is 1. The van der Waals surface area contributed by atoms with Crippen molar-refractivity contribution in [2.45, 2.75) is 25.3 Å². The second kappa shape index (κ2) is 5.92. The molecule has 0 bridgehead atoms. The summed E-state index contributed by atoms with van der Waals surface area (Å²) >= 11 is 9.30. The Bertz CT molecular complexity index is 521. The van der Waals surface area contributed by atoms with Gasteiger partial charge in [0.2, 0.25) is 0 Å². The number of hydrogen-bond donors (Lipinski definition) is 2. The van der Waals surface area contributed by atoms with Crippen LogP contribution in [0.5, 0.6) is 0 Å². The van der Waals surface area contributed by atoms with Gasteiger partial charge in [-0.25, -0.2) is 0 Å². The number of halogens is 2. The first-order valence-electron chi connectivity index (χ1n) is 5.98. The monoisotopic (exact) mass is 345 g/mol. The Morgan fingerprint density at radius 1 is 1.37 bits per heavy atom. The Balaban J connectivity index is 2.13. The van der Waals surface area contributed by atoms with Gasteiger partial charge in [-0.3, -0.25) is 9.59 Å². The van der Waals surface area contributed by atoms with Crippen molar-refractivity contribution in [2.24, 2.45) is 5.92 Å². The van der Waals surface area contributed by atoms with E-state index >= 15 is 0 Å². The van der Waals surface area contributed by atoms with Crippen molar-refractivity contribution in [3.63, 3.8) is 0 Å². The molecule has 1 saturated carbocycles. The van der Waals surface area contributed by atoms with Crippen LogP contribution in [0.3, 0.4) is 0 Å². The highest BCUT2D eigenvalue weighted by atomic mass is 79.9. The highest BCUT2D eigenvalue weighted by molar-refractivity contribution is 9.10. The van der Waals surface area contributed by atoms with Crippen molar-refractivity contribution in [2.75, 3.05) is 0 Å². The summed E-state index contributed by atoms with van der Waals surface area (Å²) < 4.78 is 0.642. The van der Waals surface area contributed by atoms with E-state index in [1.54, 1.807) is 18.2 Å². The molecule has 2 atom stereocenters. The Kier molecular flexibility index (Phi) is 4.47. The van der Waals surface area contributed by atoms with E-state index in [2.05, 4.69) is 21.2 Å². The zero-order valence-corrected chi connectivity index (χ0v) is 12.4. The summed E-state index contributed by atoms with van der Waals surface area (Å²) in [6.07, 6.45) is 2.11. The maximum absolute atomic E-state index is 12.1. The molecule has 2 N–H and O–H groups in total. The second-order valence-electron chi connectivity index (χ2n) is 4.56. The van der Waals surface area contributed by atoms with Crippen LogP contribution in [0.1, 0.15) is 29.6 Å². The van der Waals surface area contributed by atoms with Crippen molar-refractivity contribution in [3.05, 3.63) is 33.3 Å². The Labute approximate surface area is 124 Å². The lowest BCUT2D eigenvalue weighted by atomic mass is 10.0. The lowest BCUT2D eigenvalue weighted by molar-refractivity contribution is -0.142. The summed E-state index contributed by atoms with van der Waals surface area (Å²) in [7, 11) is 0. The fourth-order valence-corrected chi connectivity index (χ4v) is 2.93. The van der Waals surface area contributed by atoms with Gasteiger partial charge in [0.1, 0.15) is 0 Å². The Morgan fingerprint density at radius 3 is 2.79 bits per heavy atom. The van der Waals surface area contributed by atoms with E-state index in [0.717, 1.165) is 6.42 Å². The summed E-state index contributed by atoms with van der Waals surface area (Å²) in [6.45, 7) is 0. The second-order valence-corrected chi connectivity index (χ2v) is 5.79. The van der Waals surface area contributed by atoms with Crippen molar-refractivity contribution in [3.8, 4) is 0 Å². The van der Waals surface area contributed by atoms with Crippen molar-refractivity contribution >= 4 is 39.4 Å². The molecular formula is C13H13BrClNO3. The molecule has 1 aromatic rings. The summed E-state index contributed by atoms with van der Waals surface area (Å²) in [6, 6.07) is 4.76. The van der Waals surface area contributed by atoms with E-state index in [4.69, 9.17) is 16.7 Å². The summed E-state index contributed by atoms with van der Waals surface area (Å²) in [5.74, 6) is -1.69. The molecule has 0 heterocycles. The molecule has 1 aliphatic carbocycles. The zero-order valence-electron chi connectivity index (χ0n) is 10.0. The number of rotatable bonds is 3. The molecule has 0 aromatic heterocycles. The number of benzene rings is 1. The summed E-state index contributed by atoms with van der Waals surface area (Å²) in [4.78, 5) is 23.2. The van der Waals surface area contributed by atoms with Gasteiger partial charge in [-0.05, 0) is 40.9 Å². The lowest BCUT2D eigenvalue weighted by Crippen LogP contribution is -2.40. The van der Waals surface area contributed by atoms with Gasteiger partial charge in [0.05, 0.1) is 16.5 Å². The minimum absolute atomic E-state index is 0.319. The average Bonchev–Trinajstić information content (AvgIpc) is 2.80. The fraction of sp³-hybridized carbons (Fsp3) is 0.385. The normalized spacial score (nSPS) is 22.2. The predicted octanol–water partition coefficient (Wildman–Crippen LogP) is 3.09. The molecule has 0 aliphatic heterocycles. The first kappa shape index (κ1) is 14.3. The molecule has 2 unspecified atom stereocenters. The molecule has 102 valence electrons. The van der Waals surface area contributed by atoms with Gasteiger partial charge in [-0.2, -0.15) is 0 Å². The zero-order chi connectivity index (χ0) is 14.0. The predicted molar refractivity (Wildman–Crippen MR) is 75.4 cm³/mol. The summed E-state index contributed by atoms with van der Waals surface area (Å²) in [5.41, 5.74) is 0.354. The topological polar surface area (TPSA) is 66.4 Å². The molecule has 1 aliphatic rings. The summed E-state index contributed by atoms with van der Waals surface area (Å²) in [5, 5.41) is 12.2. The van der Waals surface area contributed by atoms with E-state index in [9.17, 15) is 9.59 Å². The van der Waals surface area contributed by atoms with Crippen LogP contribution in [0.25, 0.3) is 0 Å². The third-order valence-corrected chi connectivity index (χ3v) is 4.64. The first-order valence-corrected chi connectivity index (χ1v) is 7.15. The van der Waals surface area contributed by atoms with Crippen molar-refractivity contribution < 1.29 is 14.7 Å². The van der Waals surface area contributed by atoms with E-state index < -0.39 is 11.9 Å². The maximum atomic E-state index is 12.1. The first-order chi connectivity index (χ1) is 9.00. The largest absolute Gasteiger partial charge is 0.481 e. The van der Waals surface area contributed by atoms with Gasteiger partial charge in [0.25, 0.3) is 5.91 Å². The molecule has 1 aromatic carbocycles. The van der Waals surface area contributed by atoms with E-state index in [1.165, 1.54) is 0 Å². The molecule has 19 heavy (non-hydrogen) atoms. The van der Waals surface area contributed by atoms with Crippen molar-refractivity contribution in [1.29, 1.82) is 0 Å². The SMILES string of the molecule is O=C(NC1CCCC1C(=O)O)c1cccc(Br)c1Cl. The standard InChI is InChI=1S/C13H13BrClNO3/c14-9-5-1-4-8(11(9)15)12(17)16-10-6-2-3-7(10)13(18)19/h1,4-5,7,10H,2-3,6H2,(H,16,17)(H,18,19). The van der Waals surface area contributed by atoms with Crippen LogP contribution in [0.2, 0.25) is 5.02 Å². The molecule has 0 saturated heterocycles. The lowest BCUT2D eigenvalue weighted by Gasteiger charge is -2.18. The molecule has 6 heteroatoms. The molecule has 0 spiro atoms. The number of carboxylic acid groups (broad SMARTS) is 1. The van der Waals surface area contributed by atoms with E-state index in [-0.39, 0.29) is 11.9 Å². The molecule has 2 rings (SSSR count). The van der Waals surface area contributed by atoms with Crippen molar-refractivity contribution in [1.82, 2.24) is 5.32 Å². The van der Waals surface area contributed by atoms with Crippen LogP contribution in [-0.2, 0) is 4.79 Å². The van der Waals surface area contributed by atoms with Crippen LogP contribution in [0.15, 0.2) is 22.7 Å². The number of carboxylic acids is 1. The molecular weight excluding hydrogens is 334 g/mol. The highest BCUT2D eigenvalue weighted by Crippen LogP contribution is 2.28. The van der Waals surface area contributed by atoms with E-state index in [0.29, 0.717) is 27.9 Å². The van der Waals surface area contributed by atoms with Crippen LogP contribution in [-0.4, -0.2) is 23.0 Å². The van der Waals surface area contributed by atoms with Gasteiger partial charge in [0, 0.05) is 10.5 Å². The van der Waals surface area contributed by atoms with Gasteiger partial charge in [-0.1, -0.05) is 24.1 Å². The minimum atomic E-state index is -0.858. The van der Waals surface area contributed by atoms with Gasteiger partial charge < -0.3 is 10.4 Å². The number of amides is 1. The fourth-order valence-electron chi connectivity index (χ4n) is 2.35. The van der Waals surface area contributed by atoms with Crippen LogP contribution >= 0.6 is 27.5 Å². The number of carbonyl (C=O) groups is 2. The smallest absolute Gasteiger partial charge is 0.308 e. The number of carbonyl (C=O) groups excluding carboxylic acids is 1. The van der Waals surface area contributed by atoms with Gasteiger partial charge in [-0.15, -0.1) is 0 Å². The van der Waals surface area contributed by atoms with Gasteiger partial charge in [0.15, 0.2) is 0 Å². The number of hydrogen-bond acceptors (Lipinski definition) is 2. The highest BCUT2D eigenvalue weighted by Gasteiger charge is 2.34.